The minimum atomic E-state index is -3.80. The zero-order valence-electron chi connectivity index (χ0n) is 18.8. The Morgan fingerprint density at radius 3 is 2.34 bits per heavy atom. The summed E-state index contributed by atoms with van der Waals surface area (Å²) in [6.07, 6.45) is 4.66. The van der Waals surface area contributed by atoms with Crippen LogP contribution in [0, 0.1) is 0 Å². The molecule has 6 nitrogen and oxygen atoms in total. The lowest BCUT2D eigenvalue weighted by Crippen LogP contribution is -2.47. The topological polar surface area (TPSA) is 69.7 Å². The Hall–Kier alpha value is -1.67. The quantitative estimate of drug-likeness (QED) is 0.653. The van der Waals surface area contributed by atoms with Crippen LogP contribution in [0.25, 0.3) is 10.8 Å². The normalized spacial score (nSPS) is 24.6. The summed E-state index contributed by atoms with van der Waals surface area (Å²) >= 11 is 6.02. The molecule has 0 radical (unpaired) electrons. The van der Waals surface area contributed by atoms with Crippen LogP contribution in [0.5, 0.6) is 0 Å². The molecule has 0 bridgehead atoms. The van der Waals surface area contributed by atoms with E-state index >= 15 is 0 Å². The van der Waals surface area contributed by atoms with Gasteiger partial charge in [-0.3, -0.25) is 4.79 Å². The number of rotatable bonds is 7. The monoisotopic (exact) mass is 477 g/mol. The van der Waals surface area contributed by atoms with Gasteiger partial charge in [0.25, 0.3) is 0 Å². The van der Waals surface area contributed by atoms with Gasteiger partial charge in [-0.05, 0) is 80.2 Å². The zero-order chi connectivity index (χ0) is 22.9. The van der Waals surface area contributed by atoms with E-state index < -0.39 is 16.1 Å². The fraction of sp³-hybridized carbons (Fsp3) is 0.542. The first kappa shape index (κ1) is 23.5. The number of nitrogens with one attached hydrogen (secondary N) is 1. The van der Waals surface area contributed by atoms with Gasteiger partial charge in [0.05, 0.1) is 4.90 Å². The molecule has 1 aliphatic carbocycles. The minimum Gasteiger partial charge on any atom is -0.338 e. The van der Waals surface area contributed by atoms with E-state index in [2.05, 4.69) is 23.5 Å². The van der Waals surface area contributed by atoms with Crippen molar-refractivity contribution < 1.29 is 13.2 Å². The van der Waals surface area contributed by atoms with E-state index in [0.717, 1.165) is 49.5 Å². The van der Waals surface area contributed by atoms with Gasteiger partial charge >= 0.3 is 0 Å². The number of nitrogens with zero attached hydrogens (tertiary/aromatic N) is 2. The average Bonchev–Trinajstić information content (AvgIpc) is 3.14. The van der Waals surface area contributed by atoms with E-state index in [0.29, 0.717) is 24.0 Å². The lowest BCUT2D eigenvalue weighted by atomic mass is 9.89. The highest BCUT2D eigenvalue weighted by Crippen LogP contribution is 2.30. The van der Waals surface area contributed by atoms with Crippen LogP contribution >= 0.6 is 11.6 Å². The number of benzene rings is 2. The van der Waals surface area contributed by atoms with Crippen LogP contribution in [-0.4, -0.2) is 61.9 Å². The Balaban J connectivity index is 1.40. The number of carbonyl (C=O) groups is 1. The van der Waals surface area contributed by atoms with Crippen molar-refractivity contribution in [3.05, 3.63) is 41.4 Å². The smallest absolute Gasteiger partial charge is 0.241 e. The van der Waals surface area contributed by atoms with E-state index in [-0.39, 0.29) is 16.8 Å². The summed E-state index contributed by atoms with van der Waals surface area (Å²) in [6.45, 7) is 7.12. The van der Waals surface area contributed by atoms with E-state index in [1.807, 2.05) is 4.90 Å². The molecule has 1 N–H and O–H groups in total. The van der Waals surface area contributed by atoms with E-state index in [1.165, 1.54) is 0 Å². The largest absolute Gasteiger partial charge is 0.338 e. The lowest BCUT2D eigenvalue weighted by molar-refractivity contribution is -0.131. The maximum atomic E-state index is 13.1. The van der Waals surface area contributed by atoms with Gasteiger partial charge in [-0.15, -0.1) is 0 Å². The molecule has 2 aromatic rings. The highest BCUT2D eigenvalue weighted by atomic mass is 35.5. The summed E-state index contributed by atoms with van der Waals surface area (Å²) in [7, 11) is -3.80. The number of likely N-dealkylation sites (tertiary alicyclic amines) is 1. The molecule has 2 aromatic carbocycles. The fourth-order valence-corrected chi connectivity index (χ4v) is 6.71. The maximum absolute atomic E-state index is 13.1. The van der Waals surface area contributed by atoms with Crippen molar-refractivity contribution in [1.29, 1.82) is 0 Å². The molecule has 8 heteroatoms. The molecule has 2 fully saturated rings. The van der Waals surface area contributed by atoms with Gasteiger partial charge in [-0.25, -0.2) is 8.42 Å². The van der Waals surface area contributed by atoms with Crippen LogP contribution in [0.4, 0.5) is 0 Å². The predicted octanol–water partition coefficient (Wildman–Crippen LogP) is 4.03. The Morgan fingerprint density at radius 1 is 1.00 bits per heavy atom. The Bertz CT molecular complexity index is 1080. The maximum Gasteiger partial charge on any atom is 0.241 e. The molecule has 0 spiro atoms. The Labute approximate surface area is 196 Å². The minimum absolute atomic E-state index is 0.0903. The molecule has 174 valence electrons. The van der Waals surface area contributed by atoms with Crippen LogP contribution in [0.1, 0.15) is 46.0 Å². The number of hydrogen-bond donors (Lipinski definition) is 1. The standard InChI is InChI=1S/C24H32ClN3O3S/c1-3-27(4-2)20-8-10-21(11-9-20)28-14-13-23(24(28)29)26-32(30,31)22-12-6-17-15-19(25)7-5-18(17)16-22/h5-7,12,15-16,20-21,23,26H,3-4,8-11,13-14H2,1-2H3/t20?,21?,23-/m0/s1. The number of halogens is 1. The van der Waals surface area contributed by atoms with Crippen molar-refractivity contribution >= 4 is 38.3 Å². The van der Waals surface area contributed by atoms with Gasteiger partial charge < -0.3 is 9.80 Å². The first-order chi connectivity index (χ1) is 15.3. The number of carbonyl (C=O) groups excluding carboxylic acids is 1. The molecular weight excluding hydrogens is 446 g/mol. The highest BCUT2D eigenvalue weighted by molar-refractivity contribution is 7.89. The summed E-state index contributed by atoms with van der Waals surface area (Å²) in [6, 6.07) is 10.4. The van der Waals surface area contributed by atoms with Gasteiger partial charge in [-0.2, -0.15) is 4.72 Å². The molecule has 1 aliphatic heterocycles. The van der Waals surface area contributed by atoms with Gasteiger partial charge in [0.1, 0.15) is 6.04 Å². The van der Waals surface area contributed by atoms with Crippen molar-refractivity contribution in [2.75, 3.05) is 19.6 Å². The number of sulfonamides is 1. The van der Waals surface area contributed by atoms with Crippen LogP contribution < -0.4 is 4.72 Å². The summed E-state index contributed by atoms with van der Waals surface area (Å²) in [5.74, 6) is -0.0903. The van der Waals surface area contributed by atoms with E-state index in [4.69, 9.17) is 11.6 Å². The summed E-state index contributed by atoms with van der Waals surface area (Å²) < 4.78 is 28.7. The third-order valence-electron chi connectivity index (χ3n) is 7.06. The molecule has 0 aromatic heterocycles. The fourth-order valence-electron chi connectivity index (χ4n) is 5.27. The van der Waals surface area contributed by atoms with Crippen molar-refractivity contribution in [3.8, 4) is 0 Å². The molecular formula is C24H32ClN3O3S. The molecule has 1 saturated heterocycles. The molecule has 2 aliphatic rings. The van der Waals surface area contributed by atoms with Crippen LogP contribution in [0.2, 0.25) is 5.02 Å². The molecule has 32 heavy (non-hydrogen) atoms. The van der Waals surface area contributed by atoms with Gasteiger partial charge in [0, 0.05) is 23.7 Å². The second kappa shape index (κ2) is 9.67. The van der Waals surface area contributed by atoms with Gasteiger partial charge in [0.15, 0.2) is 0 Å². The number of hydrogen-bond acceptors (Lipinski definition) is 4. The number of fused-ring (bicyclic) bond motifs is 1. The van der Waals surface area contributed by atoms with E-state index in [1.54, 1.807) is 36.4 Å². The Kier molecular flexibility index (Phi) is 7.10. The first-order valence-electron chi connectivity index (χ1n) is 11.6. The van der Waals surface area contributed by atoms with E-state index in [9.17, 15) is 13.2 Å². The van der Waals surface area contributed by atoms with Crippen molar-refractivity contribution in [1.82, 2.24) is 14.5 Å². The van der Waals surface area contributed by atoms with Crippen molar-refractivity contribution in [3.63, 3.8) is 0 Å². The molecule has 1 heterocycles. The van der Waals surface area contributed by atoms with Crippen LogP contribution in [-0.2, 0) is 14.8 Å². The van der Waals surface area contributed by atoms with Crippen molar-refractivity contribution in [2.45, 2.75) is 69.0 Å². The molecule has 0 unspecified atom stereocenters. The van der Waals surface area contributed by atoms with Crippen LogP contribution in [0.3, 0.4) is 0 Å². The zero-order valence-corrected chi connectivity index (χ0v) is 20.3. The number of amides is 1. The van der Waals surface area contributed by atoms with Gasteiger partial charge in [0.2, 0.25) is 15.9 Å². The first-order valence-corrected chi connectivity index (χ1v) is 13.4. The lowest BCUT2D eigenvalue weighted by Gasteiger charge is -2.39. The van der Waals surface area contributed by atoms with Gasteiger partial charge in [-0.1, -0.05) is 37.6 Å². The third kappa shape index (κ3) is 4.81. The molecule has 4 rings (SSSR count). The SMILES string of the molecule is CCN(CC)C1CCC(N2CC[C@H](NS(=O)(=O)c3ccc4cc(Cl)ccc4c3)C2=O)CC1. The third-order valence-corrected chi connectivity index (χ3v) is 8.76. The summed E-state index contributed by atoms with van der Waals surface area (Å²) in [5.41, 5.74) is 0. The average molecular weight is 478 g/mol. The molecule has 1 amide bonds. The van der Waals surface area contributed by atoms with Crippen molar-refractivity contribution in [2.24, 2.45) is 0 Å². The van der Waals surface area contributed by atoms with Crippen LogP contribution in [0.15, 0.2) is 41.3 Å². The molecule has 1 atom stereocenters. The predicted molar refractivity (Wildman–Crippen MR) is 128 cm³/mol. The molecule has 1 saturated carbocycles. The second-order valence-electron chi connectivity index (χ2n) is 8.83. The summed E-state index contributed by atoms with van der Waals surface area (Å²) in [4.78, 5) is 17.6. The highest BCUT2D eigenvalue weighted by Gasteiger charge is 2.39. The summed E-state index contributed by atoms with van der Waals surface area (Å²) in [5, 5.41) is 2.27. The second-order valence-corrected chi connectivity index (χ2v) is 11.0. The Morgan fingerprint density at radius 2 is 1.66 bits per heavy atom.